The lowest BCUT2D eigenvalue weighted by atomic mass is 10.0. The van der Waals surface area contributed by atoms with E-state index in [1.54, 1.807) is 32.4 Å². The molecule has 0 radical (unpaired) electrons. The van der Waals surface area contributed by atoms with Gasteiger partial charge in [-0.2, -0.15) is 0 Å². The molecule has 132 valence electrons. The third-order valence-corrected chi connectivity index (χ3v) is 4.13. The summed E-state index contributed by atoms with van der Waals surface area (Å²) < 4.78 is 23.8. The average Bonchev–Trinajstić information content (AvgIpc) is 3.11. The van der Waals surface area contributed by atoms with Crippen LogP contribution in [0.2, 0.25) is 0 Å². The summed E-state index contributed by atoms with van der Waals surface area (Å²) >= 11 is 0. The fourth-order valence-corrected chi connectivity index (χ4v) is 2.83. The van der Waals surface area contributed by atoms with Crippen LogP contribution in [0.4, 0.5) is 10.1 Å². The molecule has 1 heterocycles. The number of nitrogens with one attached hydrogen (secondary N) is 3. The molecule has 2 aromatic rings. The van der Waals surface area contributed by atoms with Crippen LogP contribution >= 0.6 is 0 Å². The van der Waals surface area contributed by atoms with E-state index in [0.29, 0.717) is 23.6 Å². The van der Waals surface area contributed by atoms with Crippen LogP contribution in [0.1, 0.15) is 18.0 Å². The molecule has 2 aromatic carbocycles. The second kappa shape index (κ2) is 7.50. The lowest BCUT2D eigenvalue weighted by molar-refractivity contribution is -0.117. The number of ether oxygens (including phenoxy) is 2. The molecule has 3 N–H and O–H groups in total. The predicted molar refractivity (Wildman–Crippen MR) is 92.0 cm³/mol. The summed E-state index contributed by atoms with van der Waals surface area (Å²) in [5.41, 5.74) is 7.44. The summed E-state index contributed by atoms with van der Waals surface area (Å²) in [5, 5.41) is 2.71. The molecular formula is C18H20FN3O3. The molecule has 2 atom stereocenters. The first-order valence-corrected chi connectivity index (χ1v) is 7.90. The summed E-state index contributed by atoms with van der Waals surface area (Å²) in [5.74, 6) is 0.765. The number of hydrogen-bond donors (Lipinski definition) is 3. The quantitative estimate of drug-likeness (QED) is 0.776. The van der Waals surface area contributed by atoms with Crippen molar-refractivity contribution in [1.82, 2.24) is 10.9 Å². The summed E-state index contributed by atoms with van der Waals surface area (Å²) in [4.78, 5) is 12.4. The Morgan fingerprint density at radius 2 is 2.00 bits per heavy atom. The highest BCUT2D eigenvalue weighted by atomic mass is 19.1. The van der Waals surface area contributed by atoms with Crippen molar-refractivity contribution in [1.29, 1.82) is 0 Å². The Balaban J connectivity index is 1.68. The van der Waals surface area contributed by atoms with Gasteiger partial charge in [0.25, 0.3) is 0 Å². The van der Waals surface area contributed by atoms with E-state index < -0.39 is 11.9 Å². The molecule has 0 aliphatic carbocycles. The Labute approximate surface area is 145 Å². The number of amides is 1. The molecule has 2 unspecified atom stereocenters. The van der Waals surface area contributed by atoms with Gasteiger partial charge >= 0.3 is 0 Å². The van der Waals surface area contributed by atoms with Gasteiger partial charge in [-0.15, -0.1) is 0 Å². The smallest absolute Gasteiger partial charge is 0.242 e. The van der Waals surface area contributed by atoms with E-state index in [1.807, 2.05) is 12.1 Å². The Morgan fingerprint density at radius 1 is 1.16 bits per heavy atom. The van der Waals surface area contributed by atoms with Gasteiger partial charge in [-0.05, 0) is 30.7 Å². The maximum Gasteiger partial charge on any atom is 0.242 e. The van der Waals surface area contributed by atoms with Gasteiger partial charge in [0, 0.05) is 17.3 Å². The molecule has 25 heavy (non-hydrogen) atoms. The molecule has 0 bridgehead atoms. The van der Waals surface area contributed by atoms with Crippen LogP contribution in [0.15, 0.2) is 42.5 Å². The van der Waals surface area contributed by atoms with Crippen molar-refractivity contribution in [3.05, 3.63) is 53.8 Å². The fourth-order valence-electron chi connectivity index (χ4n) is 2.83. The number of anilines is 1. The van der Waals surface area contributed by atoms with Crippen molar-refractivity contribution in [3.8, 4) is 11.5 Å². The molecule has 6 nitrogen and oxygen atoms in total. The molecule has 0 aromatic heterocycles. The topological polar surface area (TPSA) is 71.6 Å². The van der Waals surface area contributed by atoms with Crippen LogP contribution < -0.4 is 25.6 Å². The highest BCUT2D eigenvalue weighted by molar-refractivity contribution is 5.95. The first kappa shape index (κ1) is 17.2. The second-order valence-electron chi connectivity index (χ2n) is 5.74. The second-order valence-corrected chi connectivity index (χ2v) is 5.74. The molecular weight excluding hydrogens is 325 g/mol. The van der Waals surface area contributed by atoms with Gasteiger partial charge in [-0.3, -0.25) is 4.79 Å². The van der Waals surface area contributed by atoms with Crippen LogP contribution in [0.5, 0.6) is 11.5 Å². The number of methoxy groups -OCH3 is 2. The summed E-state index contributed by atoms with van der Waals surface area (Å²) in [6.07, 6.45) is 0.532. The molecule has 3 rings (SSSR count). The molecule has 1 aliphatic heterocycles. The normalized spacial score (nSPS) is 19.5. The molecule has 1 aliphatic rings. The van der Waals surface area contributed by atoms with Gasteiger partial charge < -0.3 is 14.8 Å². The highest BCUT2D eigenvalue weighted by Gasteiger charge is 2.31. The monoisotopic (exact) mass is 345 g/mol. The van der Waals surface area contributed by atoms with Crippen molar-refractivity contribution in [3.63, 3.8) is 0 Å². The minimum absolute atomic E-state index is 0.0934. The molecule has 7 heteroatoms. The zero-order chi connectivity index (χ0) is 17.8. The third kappa shape index (κ3) is 3.89. The molecule has 1 saturated heterocycles. The lowest BCUT2D eigenvalue weighted by Crippen LogP contribution is -2.39. The summed E-state index contributed by atoms with van der Waals surface area (Å²) in [7, 11) is 3.19. The number of rotatable bonds is 5. The molecule has 1 fully saturated rings. The van der Waals surface area contributed by atoms with E-state index in [0.717, 1.165) is 5.56 Å². The van der Waals surface area contributed by atoms with Crippen molar-refractivity contribution in [2.75, 3.05) is 19.5 Å². The Hall–Kier alpha value is -2.64. The van der Waals surface area contributed by atoms with E-state index in [1.165, 1.54) is 12.1 Å². The number of carbonyl (C=O) groups excluding carboxylic acids is 1. The Kier molecular flexibility index (Phi) is 5.16. The largest absolute Gasteiger partial charge is 0.497 e. The maximum atomic E-state index is 13.2. The van der Waals surface area contributed by atoms with Crippen molar-refractivity contribution in [2.45, 2.75) is 18.5 Å². The van der Waals surface area contributed by atoms with E-state index >= 15 is 0 Å². The maximum absolute atomic E-state index is 13.2. The van der Waals surface area contributed by atoms with Gasteiger partial charge in [-0.25, -0.2) is 15.2 Å². The molecule has 0 saturated carbocycles. The van der Waals surface area contributed by atoms with Crippen molar-refractivity contribution >= 4 is 11.6 Å². The Bertz CT molecular complexity index is 769. The van der Waals surface area contributed by atoms with E-state index in [4.69, 9.17) is 9.47 Å². The molecule has 0 spiro atoms. The van der Waals surface area contributed by atoms with Crippen molar-refractivity contribution in [2.24, 2.45) is 0 Å². The van der Waals surface area contributed by atoms with Crippen molar-refractivity contribution < 1.29 is 18.7 Å². The van der Waals surface area contributed by atoms with Crippen LogP contribution in [0, 0.1) is 5.82 Å². The van der Waals surface area contributed by atoms with E-state index in [2.05, 4.69) is 16.2 Å². The van der Waals surface area contributed by atoms with Gasteiger partial charge in [0.05, 0.1) is 20.3 Å². The highest BCUT2D eigenvalue weighted by Crippen LogP contribution is 2.33. The van der Waals surface area contributed by atoms with Crippen LogP contribution in [-0.4, -0.2) is 26.2 Å². The summed E-state index contributed by atoms with van der Waals surface area (Å²) in [6, 6.07) is 10.8. The predicted octanol–water partition coefficient (Wildman–Crippen LogP) is 2.39. The number of halogens is 1. The fraction of sp³-hybridized carbons (Fsp3) is 0.278. The lowest BCUT2D eigenvalue weighted by Gasteiger charge is -2.15. The van der Waals surface area contributed by atoms with E-state index in [-0.39, 0.29) is 11.9 Å². The number of hydrazine groups is 1. The average molecular weight is 345 g/mol. The minimum atomic E-state index is -0.444. The number of carbonyl (C=O) groups is 1. The first-order valence-electron chi connectivity index (χ1n) is 7.90. The minimum Gasteiger partial charge on any atom is -0.497 e. The van der Waals surface area contributed by atoms with Gasteiger partial charge in [-0.1, -0.05) is 12.1 Å². The standard InChI is InChI=1S/C18H20FN3O3/c1-24-13-6-7-14(17(9-13)25-2)15-10-16(22-21-15)18(23)20-12-5-3-4-11(19)8-12/h3-9,15-16,21-22H,10H2,1-2H3,(H,20,23). The van der Waals surface area contributed by atoms with Crippen LogP contribution in [0.3, 0.4) is 0 Å². The number of hydrogen-bond acceptors (Lipinski definition) is 5. The van der Waals surface area contributed by atoms with Gasteiger partial charge in [0.1, 0.15) is 23.4 Å². The van der Waals surface area contributed by atoms with Crippen LogP contribution in [-0.2, 0) is 4.79 Å². The van der Waals surface area contributed by atoms with Gasteiger partial charge in [0.2, 0.25) is 5.91 Å². The Morgan fingerprint density at radius 3 is 2.72 bits per heavy atom. The third-order valence-electron chi connectivity index (χ3n) is 4.13. The summed E-state index contributed by atoms with van der Waals surface area (Å²) in [6.45, 7) is 0. The zero-order valence-electron chi connectivity index (χ0n) is 14.0. The first-order chi connectivity index (χ1) is 12.1. The molecule has 1 amide bonds. The van der Waals surface area contributed by atoms with Gasteiger partial charge in [0.15, 0.2) is 0 Å². The SMILES string of the molecule is COc1ccc(C2CC(C(=O)Nc3cccc(F)c3)NN2)c(OC)c1. The number of benzene rings is 2. The van der Waals surface area contributed by atoms with E-state index in [9.17, 15) is 9.18 Å². The zero-order valence-corrected chi connectivity index (χ0v) is 14.0. The van der Waals surface area contributed by atoms with Crippen LogP contribution in [0.25, 0.3) is 0 Å².